The molecule has 0 aliphatic rings. The van der Waals surface area contributed by atoms with E-state index in [0.29, 0.717) is 6.54 Å². The van der Waals surface area contributed by atoms with Crippen molar-refractivity contribution in [2.75, 3.05) is 4.72 Å². The first kappa shape index (κ1) is 12.0. The van der Waals surface area contributed by atoms with Crippen LogP contribution in [-0.4, -0.2) is 18.6 Å². The van der Waals surface area contributed by atoms with Crippen molar-refractivity contribution in [2.45, 2.75) is 11.4 Å². The van der Waals surface area contributed by atoms with Crippen molar-refractivity contribution in [1.82, 2.24) is 10.2 Å². The number of nitrogens with zero attached hydrogens (tertiary/aromatic N) is 2. The molecule has 2 aromatic heterocycles. The largest absolute Gasteiger partial charge is 0.326 e. The van der Waals surface area contributed by atoms with Crippen LogP contribution in [-0.2, 0) is 16.6 Å². The molecule has 0 fully saturated rings. The summed E-state index contributed by atoms with van der Waals surface area (Å²) in [5.74, 6) is 0.188. The fourth-order valence-electron chi connectivity index (χ4n) is 1.16. The van der Waals surface area contributed by atoms with Gasteiger partial charge in [-0.1, -0.05) is 0 Å². The smallest absolute Gasteiger partial charge is 0.263 e. The molecule has 0 unspecified atom stereocenters. The van der Waals surface area contributed by atoms with Crippen molar-refractivity contribution in [2.24, 2.45) is 5.73 Å². The molecule has 0 aromatic carbocycles. The van der Waals surface area contributed by atoms with Gasteiger partial charge in [0.1, 0.15) is 0 Å². The lowest BCUT2D eigenvalue weighted by atomic mass is 10.5. The molecule has 0 aliphatic heterocycles. The first-order chi connectivity index (χ1) is 8.12. The van der Waals surface area contributed by atoms with Crippen LogP contribution in [0, 0.1) is 0 Å². The fourth-order valence-corrected chi connectivity index (χ4v) is 3.31. The zero-order valence-electron chi connectivity index (χ0n) is 8.70. The van der Waals surface area contributed by atoms with E-state index in [2.05, 4.69) is 14.9 Å². The molecule has 2 rings (SSSR count). The van der Waals surface area contributed by atoms with Gasteiger partial charge in [0.15, 0.2) is 5.82 Å². The average molecular weight is 270 g/mol. The van der Waals surface area contributed by atoms with E-state index in [4.69, 9.17) is 5.73 Å². The van der Waals surface area contributed by atoms with Crippen molar-refractivity contribution in [1.29, 1.82) is 0 Å². The molecule has 0 amide bonds. The van der Waals surface area contributed by atoms with Crippen molar-refractivity contribution < 1.29 is 8.42 Å². The maximum Gasteiger partial charge on any atom is 0.263 e. The van der Waals surface area contributed by atoms with Gasteiger partial charge in [0, 0.05) is 23.0 Å². The van der Waals surface area contributed by atoms with E-state index in [9.17, 15) is 8.42 Å². The second-order valence-electron chi connectivity index (χ2n) is 3.17. The van der Waals surface area contributed by atoms with Crippen LogP contribution in [0.15, 0.2) is 34.7 Å². The number of rotatable bonds is 4. The molecule has 2 aromatic rings. The van der Waals surface area contributed by atoms with E-state index in [1.165, 1.54) is 23.6 Å². The SMILES string of the molecule is NCc1cc(S(=O)(=O)Nc2cccnn2)cs1. The Morgan fingerprint density at radius 1 is 1.47 bits per heavy atom. The van der Waals surface area contributed by atoms with Crippen LogP contribution >= 0.6 is 11.3 Å². The van der Waals surface area contributed by atoms with Gasteiger partial charge in [-0.15, -0.1) is 16.4 Å². The third-order valence-electron chi connectivity index (χ3n) is 1.95. The van der Waals surface area contributed by atoms with Crippen LogP contribution < -0.4 is 10.5 Å². The van der Waals surface area contributed by atoms with Crippen LogP contribution in [0.25, 0.3) is 0 Å². The molecule has 0 bridgehead atoms. The molecule has 6 nitrogen and oxygen atoms in total. The highest BCUT2D eigenvalue weighted by molar-refractivity contribution is 7.92. The zero-order chi connectivity index (χ0) is 12.3. The lowest BCUT2D eigenvalue weighted by Gasteiger charge is -2.03. The van der Waals surface area contributed by atoms with Crippen molar-refractivity contribution in [3.63, 3.8) is 0 Å². The predicted octanol–water partition coefficient (Wildman–Crippen LogP) is 0.798. The Kier molecular flexibility index (Phi) is 3.36. The quantitative estimate of drug-likeness (QED) is 0.856. The summed E-state index contributed by atoms with van der Waals surface area (Å²) >= 11 is 1.31. The summed E-state index contributed by atoms with van der Waals surface area (Å²) in [5, 5.41) is 8.79. The molecule has 0 atom stereocenters. The molecule has 0 spiro atoms. The number of aromatic nitrogens is 2. The van der Waals surface area contributed by atoms with Gasteiger partial charge in [-0.25, -0.2) is 8.42 Å². The summed E-state index contributed by atoms with van der Waals surface area (Å²) in [4.78, 5) is 0.998. The lowest BCUT2D eigenvalue weighted by Crippen LogP contribution is -2.13. The number of nitrogens with one attached hydrogen (secondary N) is 1. The van der Waals surface area contributed by atoms with Crippen molar-refractivity contribution in [3.8, 4) is 0 Å². The molecule has 2 heterocycles. The van der Waals surface area contributed by atoms with Crippen LogP contribution in [0.5, 0.6) is 0 Å². The number of hydrogen-bond donors (Lipinski definition) is 2. The molecule has 90 valence electrons. The minimum Gasteiger partial charge on any atom is -0.326 e. The Bertz CT molecular complexity index is 594. The van der Waals surface area contributed by atoms with Crippen molar-refractivity contribution in [3.05, 3.63) is 34.7 Å². The first-order valence-electron chi connectivity index (χ1n) is 4.70. The number of anilines is 1. The fraction of sp³-hybridized carbons (Fsp3) is 0.111. The van der Waals surface area contributed by atoms with Crippen LogP contribution in [0.3, 0.4) is 0 Å². The number of thiophene rings is 1. The number of nitrogens with two attached hydrogens (primary N) is 1. The molecule has 0 aliphatic carbocycles. The van der Waals surface area contributed by atoms with Crippen LogP contribution in [0.4, 0.5) is 5.82 Å². The van der Waals surface area contributed by atoms with E-state index in [0.717, 1.165) is 4.88 Å². The topological polar surface area (TPSA) is 98.0 Å². The zero-order valence-corrected chi connectivity index (χ0v) is 10.3. The van der Waals surface area contributed by atoms with Gasteiger partial charge < -0.3 is 5.73 Å². The molecular weight excluding hydrogens is 260 g/mol. The second-order valence-corrected chi connectivity index (χ2v) is 5.85. The van der Waals surface area contributed by atoms with Gasteiger partial charge in [-0.3, -0.25) is 4.72 Å². The van der Waals surface area contributed by atoms with Gasteiger partial charge in [-0.2, -0.15) is 5.10 Å². The highest BCUT2D eigenvalue weighted by Gasteiger charge is 2.16. The highest BCUT2D eigenvalue weighted by Crippen LogP contribution is 2.20. The van der Waals surface area contributed by atoms with Crippen LogP contribution in [0.2, 0.25) is 0 Å². The van der Waals surface area contributed by atoms with Gasteiger partial charge in [0.2, 0.25) is 0 Å². The minimum absolute atomic E-state index is 0.188. The maximum atomic E-state index is 11.9. The molecule has 17 heavy (non-hydrogen) atoms. The Morgan fingerprint density at radius 3 is 2.88 bits per heavy atom. The van der Waals surface area contributed by atoms with Gasteiger partial charge >= 0.3 is 0 Å². The third-order valence-corrected chi connectivity index (χ3v) is 4.39. The monoisotopic (exact) mass is 270 g/mol. The minimum atomic E-state index is -3.60. The average Bonchev–Trinajstić information content (AvgIpc) is 2.79. The third kappa shape index (κ3) is 2.78. The molecule has 0 saturated heterocycles. The summed E-state index contributed by atoms with van der Waals surface area (Å²) in [5.41, 5.74) is 5.43. The highest BCUT2D eigenvalue weighted by atomic mass is 32.2. The summed E-state index contributed by atoms with van der Waals surface area (Å²) < 4.78 is 26.2. The maximum absolute atomic E-state index is 11.9. The lowest BCUT2D eigenvalue weighted by molar-refractivity contribution is 0.601. The van der Waals surface area contributed by atoms with Gasteiger partial charge in [-0.05, 0) is 18.2 Å². The summed E-state index contributed by atoms with van der Waals surface area (Å²) in [6.07, 6.45) is 1.47. The van der Waals surface area contributed by atoms with E-state index < -0.39 is 10.0 Å². The number of sulfonamides is 1. The molecule has 8 heteroatoms. The Balaban J connectivity index is 2.25. The summed E-state index contributed by atoms with van der Waals surface area (Å²) in [6.45, 7) is 0.325. The first-order valence-corrected chi connectivity index (χ1v) is 7.06. The van der Waals surface area contributed by atoms with E-state index in [1.54, 1.807) is 17.5 Å². The van der Waals surface area contributed by atoms with E-state index in [-0.39, 0.29) is 10.7 Å². The predicted molar refractivity (Wildman–Crippen MR) is 65.1 cm³/mol. The standard InChI is InChI=1S/C9H10N4O2S2/c10-5-7-4-8(6-16-7)17(14,15)13-9-2-1-3-11-12-9/h1-4,6H,5,10H2,(H,12,13). The van der Waals surface area contributed by atoms with E-state index in [1.807, 2.05) is 0 Å². The second kappa shape index (κ2) is 4.78. The van der Waals surface area contributed by atoms with Gasteiger partial charge in [0.25, 0.3) is 10.0 Å². The van der Waals surface area contributed by atoms with Gasteiger partial charge in [0.05, 0.1) is 4.90 Å². The summed E-state index contributed by atoms with van der Waals surface area (Å²) in [7, 11) is -3.60. The number of hydrogen-bond acceptors (Lipinski definition) is 6. The summed E-state index contributed by atoms with van der Waals surface area (Å²) in [6, 6.07) is 4.67. The molecule has 0 radical (unpaired) electrons. The van der Waals surface area contributed by atoms with Crippen molar-refractivity contribution >= 4 is 27.2 Å². The van der Waals surface area contributed by atoms with E-state index >= 15 is 0 Å². The Morgan fingerprint density at radius 2 is 2.29 bits per heavy atom. The van der Waals surface area contributed by atoms with Crippen LogP contribution in [0.1, 0.15) is 4.88 Å². The molecular formula is C9H10N4O2S2. The normalized spacial score (nSPS) is 11.4. The Hall–Kier alpha value is -1.51. The molecule has 0 saturated carbocycles. The Labute approximate surface area is 103 Å². The molecule has 3 N–H and O–H groups in total.